The quantitative estimate of drug-likeness (QED) is 0.458. The first-order valence-electron chi connectivity index (χ1n) is 12.5. The van der Waals surface area contributed by atoms with Crippen molar-refractivity contribution in [2.75, 3.05) is 18.5 Å². The number of rotatable bonds is 5. The molecule has 4 aromatic heterocycles. The molecule has 1 saturated heterocycles. The second kappa shape index (κ2) is 9.15. The van der Waals surface area contributed by atoms with Crippen molar-refractivity contribution in [2.45, 2.75) is 51.9 Å². The van der Waals surface area contributed by atoms with Crippen LogP contribution in [0.4, 0.5) is 11.8 Å². The number of ether oxygens (including phenoxy) is 1. The van der Waals surface area contributed by atoms with Gasteiger partial charge in [0.25, 0.3) is 0 Å². The van der Waals surface area contributed by atoms with Crippen LogP contribution in [0.5, 0.6) is 0 Å². The summed E-state index contributed by atoms with van der Waals surface area (Å²) < 4.78 is 9.97. The van der Waals surface area contributed by atoms with Crippen molar-refractivity contribution >= 4 is 11.8 Å². The van der Waals surface area contributed by atoms with E-state index in [1.54, 1.807) is 10.9 Å². The average Bonchev–Trinajstić information content (AvgIpc) is 3.46. The van der Waals surface area contributed by atoms with E-state index in [0.29, 0.717) is 5.95 Å². The molecule has 36 heavy (non-hydrogen) atoms. The van der Waals surface area contributed by atoms with E-state index in [1.807, 2.05) is 19.3 Å². The minimum Gasteiger partial charge on any atom is -0.381 e. The van der Waals surface area contributed by atoms with Crippen molar-refractivity contribution in [1.29, 1.82) is 0 Å². The third kappa shape index (κ3) is 4.29. The Morgan fingerprint density at radius 1 is 1.11 bits per heavy atom. The van der Waals surface area contributed by atoms with Gasteiger partial charge in [0.05, 0.1) is 17.6 Å². The Morgan fingerprint density at radius 2 is 1.97 bits per heavy atom. The number of hydrogen-bond donors (Lipinski definition) is 1. The van der Waals surface area contributed by atoms with Gasteiger partial charge in [-0.15, -0.1) is 0 Å². The maximum absolute atomic E-state index is 5.78. The van der Waals surface area contributed by atoms with Gasteiger partial charge >= 0.3 is 0 Å². The van der Waals surface area contributed by atoms with E-state index in [2.05, 4.69) is 69.2 Å². The topological polar surface area (TPSA) is 85.9 Å². The first-order valence-corrected chi connectivity index (χ1v) is 12.5. The molecule has 4 aromatic rings. The number of fused-ring (bicyclic) bond motifs is 1. The fourth-order valence-electron chi connectivity index (χ4n) is 5.48. The molecule has 0 aromatic carbocycles. The molecule has 6 rings (SSSR count). The lowest BCUT2D eigenvalue weighted by atomic mass is 9.85. The molecule has 0 aliphatic carbocycles. The minimum atomic E-state index is 0.0694. The van der Waals surface area contributed by atoms with E-state index in [4.69, 9.17) is 14.7 Å². The summed E-state index contributed by atoms with van der Waals surface area (Å²) in [5.74, 6) is 1.42. The number of anilines is 2. The summed E-state index contributed by atoms with van der Waals surface area (Å²) in [4.78, 5) is 16.8. The lowest BCUT2D eigenvalue weighted by Crippen LogP contribution is -2.56. The summed E-state index contributed by atoms with van der Waals surface area (Å²) in [6.07, 6.45) is 7.95. The number of pyridine rings is 1. The van der Waals surface area contributed by atoms with E-state index in [1.165, 1.54) is 5.69 Å². The lowest BCUT2D eigenvalue weighted by molar-refractivity contribution is -0.0590. The van der Waals surface area contributed by atoms with Crippen LogP contribution in [0.2, 0.25) is 0 Å². The Balaban J connectivity index is 1.32. The number of aromatic nitrogens is 6. The fourth-order valence-corrected chi connectivity index (χ4v) is 5.48. The Hall–Kier alpha value is -3.56. The number of hydrogen-bond acceptors (Lipinski definition) is 7. The van der Waals surface area contributed by atoms with Crippen molar-refractivity contribution in [2.24, 2.45) is 7.05 Å². The zero-order valence-electron chi connectivity index (χ0n) is 21.1. The van der Waals surface area contributed by atoms with Crippen molar-refractivity contribution in [3.05, 3.63) is 71.6 Å². The van der Waals surface area contributed by atoms with Crippen molar-refractivity contribution in [3.8, 4) is 11.3 Å². The molecule has 9 heteroatoms. The van der Waals surface area contributed by atoms with Gasteiger partial charge in [-0.2, -0.15) is 5.10 Å². The molecule has 1 fully saturated rings. The molecule has 0 radical (unpaired) electrons. The standard InChI is InChI=1S/C27H32N8O/c1-19-14-28-26(31-24-7-10-29-33(24)3)32-25(19)21-13-23-17-35(16-22-6-4-5-20(2)30-22)27(18-34(23)15-21)8-11-36-12-9-27/h4-7,10,13-15H,8-9,11-12,16-18H2,1-3H3,(H,28,31,32). The van der Waals surface area contributed by atoms with Crippen LogP contribution in [0.3, 0.4) is 0 Å². The maximum Gasteiger partial charge on any atom is 0.228 e. The highest BCUT2D eigenvalue weighted by Crippen LogP contribution is 2.38. The first-order chi connectivity index (χ1) is 17.5. The SMILES string of the molecule is Cc1cccc(CN2Cc3cc(-c4nc(Nc5ccnn5C)ncc4C)cn3CC23CCOCC3)n1. The molecule has 0 unspecified atom stereocenters. The molecule has 0 amide bonds. The smallest absolute Gasteiger partial charge is 0.228 e. The van der Waals surface area contributed by atoms with Gasteiger partial charge in [0.1, 0.15) is 5.82 Å². The summed E-state index contributed by atoms with van der Waals surface area (Å²) in [5, 5.41) is 7.49. The van der Waals surface area contributed by atoms with E-state index in [-0.39, 0.29) is 5.54 Å². The summed E-state index contributed by atoms with van der Waals surface area (Å²) in [6, 6.07) is 10.5. The molecule has 2 aliphatic heterocycles. The summed E-state index contributed by atoms with van der Waals surface area (Å²) in [5.41, 5.74) is 6.67. The second-order valence-electron chi connectivity index (χ2n) is 10.0. The van der Waals surface area contributed by atoms with Crippen LogP contribution in [0.25, 0.3) is 11.3 Å². The number of aryl methyl sites for hydroxylation is 3. The van der Waals surface area contributed by atoms with Gasteiger partial charge in [-0.05, 0) is 50.5 Å². The Labute approximate surface area is 211 Å². The molecule has 0 atom stereocenters. The predicted molar refractivity (Wildman–Crippen MR) is 138 cm³/mol. The Kier molecular flexibility index (Phi) is 5.81. The highest BCUT2D eigenvalue weighted by Gasteiger charge is 2.42. The molecule has 9 nitrogen and oxygen atoms in total. The average molecular weight is 485 g/mol. The highest BCUT2D eigenvalue weighted by atomic mass is 16.5. The van der Waals surface area contributed by atoms with Gasteiger partial charge in [-0.25, -0.2) is 9.97 Å². The van der Waals surface area contributed by atoms with Gasteiger partial charge < -0.3 is 14.6 Å². The summed E-state index contributed by atoms with van der Waals surface area (Å²) in [6.45, 7) is 8.39. The van der Waals surface area contributed by atoms with E-state index < -0.39 is 0 Å². The van der Waals surface area contributed by atoms with Crippen molar-refractivity contribution < 1.29 is 4.74 Å². The van der Waals surface area contributed by atoms with Crippen molar-refractivity contribution in [1.82, 2.24) is 34.2 Å². The van der Waals surface area contributed by atoms with Gasteiger partial charge in [-0.1, -0.05) is 6.07 Å². The molecule has 0 saturated carbocycles. The minimum absolute atomic E-state index is 0.0694. The monoisotopic (exact) mass is 484 g/mol. The molecule has 0 bridgehead atoms. The molecular weight excluding hydrogens is 452 g/mol. The number of nitrogens with one attached hydrogen (secondary N) is 1. The van der Waals surface area contributed by atoms with Crippen LogP contribution in [0, 0.1) is 13.8 Å². The van der Waals surface area contributed by atoms with Gasteiger partial charge in [0.2, 0.25) is 5.95 Å². The van der Waals surface area contributed by atoms with E-state index >= 15 is 0 Å². The van der Waals surface area contributed by atoms with Crippen molar-refractivity contribution in [3.63, 3.8) is 0 Å². The highest BCUT2D eigenvalue weighted by molar-refractivity contribution is 5.65. The molecule has 1 spiro atoms. The zero-order valence-corrected chi connectivity index (χ0v) is 21.1. The maximum atomic E-state index is 5.78. The van der Waals surface area contributed by atoms with E-state index in [0.717, 1.165) is 79.7 Å². The third-order valence-corrected chi connectivity index (χ3v) is 7.50. The van der Waals surface area contributed by atoms with Crippen LogP contribution in [-0.2, 0) is 31.4 Å². The Bertz CT molecular complexity index is 1380. The van der Waals surface area contributed by atoms with Crippen LogP contribution in [0.15, 0.2) is 48.9 Å². The van der Waals surface area contributed by atoms with Gasteiger partial charge in [0.15, 0.2) is 0 Å². The van der Waals surface area contributed by atoms with E-state index in [9.17, 15) is 0 Å². The Morgan fingerprint density at radius 3 is 2.75 bits per heavy atom. The lowest BCUT2D eigenvalue weighted by Gasteiger charge is -2.49. The molecule has 2 aliphatic rings. The molecular formula is C27H32N8O. The molecule has 1 N–H and O–H groups in total. The number of nitrogens with zero attached hydrogens (tertiary/aromatic N) is 7. The summed E-state index contributed by atoms with van der Waals surface area (Å²) in [7, 11) is 1.89. The summed E-state index contributed by atoms with van der Waals surface area (Å²) >= 11 is 0. The normalized spacial score (nSPS) is 17.3. The van der Waals surface area contributed by atoms with Crippen LogP contribution in [-0.4, -0.2) is 53.0 Å². The van der Waals surface area contributed by atoms with Crippen LogP contribution >= 0.6 is 0 Å². The van der Waals surface area contributed by atoms with Gasteiger partial charge in [0, 0.05) is 80.8 Å². The predicted octanol–water partition coefficient (Wildman–Crippen LogP) is 4.00. The van der Waals surface area contributed by atoms with Crippen LogP contribution < -0.4 is 5.32 Å². The first kappa shape index (κ1) is 22.9. The molecule has 6 heterocycles. The fraction of sp³-hybridized carbons (Fsp3) is 0.407. The third-order valence-electron chi connectivity index (χ3n) is 7.50. The second-order valence-corrected chi connectivity index (χ2v) is 10.0. The molecule has 186 valence electrons. The van der Waals surface area contributed by atoms with Crippen LogP contribution in [0.1, 0.15) is 35.5 Å². The largest absolute Gasteiger partial charge is 0.381 e. The zero-order chi connectivity index (χ0) is 24.7. The van der Waals surface area contributed by atoms with Gasteiger partial charge in [-0.3, -0.25) is 14.6 Å².